The van der Waals surface area contributed by atoms with Crippen LogP contribution in [0.5, 0.6) is 0 Å². The van der Waals surface area contributed by atoms with Crippen molar-refractivity contribution in [3.63, 3.8) is 0 Å². The minimum atomic E-state index is -3.59. The summed E-state index contributed by atoms with van der Waals surface area (Å²) >= 11 is 0. The summed E-state index contributed by atoms with van der Waals surface area (Å²) in [6.45, 7) is 5.90. The minimum Gasteiger partial charge on any atom is -0.481 e. The van der Waals surface area contributed by atoms with E-state index < -0.39 is 16.0 Å². The second kappa shape index (κ2) is 11.9. The van der Waals surface area contributed by atoms with Crippen LogP contribution in [-0.4, -0.2) is 31.0 Å². The van der Waals surface area contributed by atoms with Crippen molar-refractivity contribution < 1.29 is 18.3 Å². The zero-order chi connectivity index (χ0) is 25.4. The summed E-state index contributed by atoms with van der Waals surface area (Å²) in [5, 5.41) is 8.89. The largest absolute Gasteiger partial charge is 0.481 e. The van der Waals surface area contributed by atoms with Gasteiger partial charge in [-0.1, -0.05) is 54.1 Å². The number of nitrogens with zero attached hydrogens (tertiary/aromatic N) is 1. The van der Waals surface area contributed by atoms with Crippen LogP contribution in [0, 0.1) is 20.8 Å². The Morgan fingerprint density at radius 2 is 1.71 bits per heavy atom. The molecule has 0 amide bonds. The van der Waals surface area contributed by atoms with E-state index in [1.165, 1.54) is 0 Å². The van der Waals surface area contributed by atoms with Gasteiger partial charge in [0, 0.05) is 30.9 Å². The number of carboxylic acids is 1. The van der Waals surface area contributed by atoms with Gasteiger partial charge in [0.05, 0.1) is 4.90 Å². The Bertz CT molecular complexity index is 1280. The highest BCUT2D eigenvalue weighted by Crippen LogP contribution is 2.25. The lowest BCUT2D eigenvalue weighted by atomic mass is 9.96. The number of benzene rings is 2. The number of rotatable bonds is 11. The van der Waals surface area contributed by atoms with Crippen molar-refractivity contribution in [3.05, 3.63) is 100 Å². The molecule has 3 aromatic rings. The van der Waals surface area contributed by atoms with E-state index in [0.717, 1.165) is 39.0 Å². The number of carbonyl (C=O) groups is 1. The van der Waals surface area contributed by atoms with E-state index in [0.29, 0.717) is 30.7 Å². The van der Waals surface area contributed by atoms with Gasteiger partial charge in [0.25, 0.3) is 0 Å². The summed E-state index contributed by atoms with van der Waals surface area (Å²) in [5.41, 5.74) is 6.53. The maximum atomic E-state index is 12.9. The van der Waals surface area contributed by atoms with Crippen molar-refractivity contribution in [1.82, 2.24) is 9.71 Å². The van der Waals surface area contributed by atoms with E-state index in [2.05, 4.69) is 15.8 Å². The lowest BCUT2D eigenvalue weighted by molar-refractivity contribution is -0.137. The molecule has 1 heterocycles. The SMILES string of the molecule is Cc1cc(C)c(S(=O)(=O)NCCc2ccc(/C(=C/CCCC(=O)O)c3cccnc3)cc2)c(C)c1. The van der Waals surface area contributed by atoms with Crippen LogP contribution >= 0.6 is 0 Å². The molecule has 0 saturated carbocycles. The number of nitrogens with one attached hydrogen (secondary N) is 1. The van der Waals surface area contributed by atoms with Gasteiger partial charge in [-0.2, -0.15) is 0 Å². The van der Waals surface area contributed by atoms with E-state index in [1.807, 2.05) is 69.3 Å². The predicted octanol–water partition coefficient (Wildman–Crippen LogP) is 5.21. The van der Waals surface area contributed by atoms with Crippen LogP contribution in [0.2, 0.25) is 0 Å². The van der Waals surface area contributed by atoms with E-state index in [9.17, 15) is 13.2 Å². The molecular formula is C28H32N2O4S. The number of unbranched alkanes of at least 4 members (excludes halogenated alkanes) is 1. The second-order valence-electron chi connectivity index (χ2n) is 8.72. The number of aromatic nitrogens is 1. The molecule has 0 aliphatic carbocycles. The Balaban J connectivity index is 1.69. The molecule has 3 rings (SSSR count). The van der Waals surface area contributed by atoms with Gasteiger partial charge in [-0.25, -0.2) is 13.1 Å². The monoisotopic (exact) mass is 492 g/mol. The van der Waals surface area contributed by atoms with Gasteiger partial charge in [0.2, 0.25) is 10.0 Å². The molecule has 0 radical (unpaired) electrons. The van der Waals surface area contributed by atoms with Crippen molar-refractivity contribution in [3.8, 4) is 0 Å². The normalized spacial score (nSPS) is 12.0. The maximum Gasteiger partial charge on any atom is 0.303 e. The Hall–Kier alpha value is -3.29. The molecule has 6 nitrogen and oxygen atoms in total. The third-order valence-corrected chi connectivity index (χ3v) is 7.53. The number of hydrogen-bond donors (Lipinski definition) is 2. The summed E-state index contributed by atoms with van der Waals surface area (Å²) in [6, 6.07) is 15.6. The van der Waals surface area contributed by atoms with Gasteiger partial charge in [-0.15, -0.1) is 0 Å². The molecule has 0 aliphatic rings. The molecule has 0 atom stereocenters. The van der Waals surface area contributed by atoms with Crippen molar-refractivity contribution in [2.24, 2.45) is 0 Å². The molecule has 2 aromatic carbocycles. The lowest BCUT2D eigenvalue weighted by Gasteiger charge is -2.13. The van der Waals surface area contributed by atoms with Crippen LogP contribution in [-0.2, 0) is 21.2 Å². The molecule has 0 saturated heterocycles. The summed E-state index contributed by atoms with van der Waals surface area (Å²) in [7, 11) is -3.59. The highest BCUT2D eigenvalue weighted by Gasteiger charge is 2.19. The number of hydrogen-bond acceptors (Lipinski definition) is 4. The fraction of sp³-hybridized carbons (Fsp3) is 0.286. The zero-order valence-electron chi connectivity index (χ0n) is 20.4. The smallest absolute Gasteiger partial charge is 0.303 e. The van der Waals surface area contributed by atoms with Crippen LogP contribution in [0.25, 0.3) is 5.57 Å². The quantitative estimate of drug-likeness (QED) is 0.358. The number of aliphatic carboxylic acids is 1. The number of aryl methyl sites for hydroxylation is 3. The third kappa shape index (κ3) is 7.34. The second-order valence-corrected chi connectivity index (χ2v) is 10.4. The molecule has 0 spiro atoms. The molecule has 184 valence electrons. The van der Waals surface area contributed by atoms with Gasteiger partial charge in [-0.05, 0) is 73.9 Å². The average Bonchev–Trinajstić information content (AvgIpc) is 2.79. The first-order valence-electron chi connectivity index (χ1n) is 11.7. The van der Waals surface area contributed by atoms with Gasteiger partial charge in [0.1, 0.15) is 0 Å². The van der Waals surface area contributed by atoms with Crippen LogP contribution in [0.1, 0.15) is 52.6 Å². The zero-order valence-corrected chi connectivity index (χ0v) is 21.2. The van der Waals surface area contributed by atoms with Crippen molar-refractivity contribution >= 4 is 21.6 Å². The Labute approximate surface area is 207 Å². The summed E-state index contributed by atoms with van der Waals surface area (Å²) in [6.07, 6.45) is 7.47. The Morgan fingerprint density at radius 3 is 2.31 bits per heavy atom. The van der Waals surface area contributed by atoms with Gasteiger partial charge in [0.15, 0.2) is 0 Å². The molecular weight excluding hydrogens is 460 g/mol. The third-order valence-electron chi connectivity index (χ3n) is 5.76. The van der Waals surface area contributed by atoms with Crippen LogP contribution < -0.4 is 4.72 Å². The highest BCUT2D eigenvalue weighted by atomic mass is 32.2. The number of pyridine rings is 1. The van der Waals surface area contributed by atoms with Crippen molar-refractivity contribution in [2.75, 3.05) is 6.54 Å². The van der Waals surface area contributed by atoms with Crippen LogP contribution in [0.15, 0.2) is 71.9 Å². The first-order valence-corrected chi connectivity index (χ1v) is 13.1. The minimum absolute atomic E-state index is 0.132. The van der Waals surface area contributed by atoms with E-state index in [4.69, 9.17) is 5.11 Å². The molecule has 35 heavy (non-hydrogen) atoms. The molecule has 2 N–H and O–H groups in total. The summed E-state index contributed by atoms with van der Waals surface area (Å²) < 4.78 is 28.5. The number of carboxylic acid groups (broad SMARTS) is 1. The average molecular weight is 493 g/mol. The molecule has 1 aromatic heterocycles. The van der Waals surface area contributed by atoms with Gasteiger partial charge in [-0.3, -0.25) is 9.78 Å². The van der Waals surface area contributed by atoms with Crippen molar-refractivity contribution in [1.29, 1.82) is 0 Å². The Morgan fingerprint density at radius 1 is 1.03 bits per heavy atom. The topological polar surface area (TPSA) is 96.4 Å². The van der Waals surface area contributed by atoms with Crippen molar-refractivity contribution in [2.45, 2.75) is 51.3 Å². The Kier molecular flexibility index (Phi) is 8.95. The molecule has 7 heteroatoms. The molecule has 0 bridgehead atoms. The van der Waals surface area contributed by atoms with Crippen LogP contribution in [0.3, 0.4) is 0 Å². The first-order chi connectivity index (χ1) is 16.7. The molecule has 0 aliphatic heterocycles. The highest BCUT2D eigenvalue weighted by molar-refractivity contribution is 7.89. The summed E-state index contributed by atoms with van der Waals surface area (Å²) in [5.74, 6) is -0.797. The fourth-order valence-corrected chi connectivity index (χ4v) is 5.75. The van der Waals surface area contributed by atoms with Crippen LogP contribution in [0.4, 0.5) is 0 Å². The van der Waals surface area contributed by atoms with E-state index >= 15 is 0 Å². The number of allylic oxidation sites excluding steroid dienone is 1. The lowest BCUT2D eigenvalue weighted by Crippen LogP contribution is -2.27. The fourth-order valence-electron chi connectivity index (χ4n) is 4.27. The van der Waals surface area contributed by atoms with Gasteiger partial charge >= 0.3 is 5.97 Å². The van der Waals surface area contributed by atoms with E-state index in [1.54, 1.807) is 12.4 Å². The molecule has 0 unspecified atom stereocenters. The van der Waals surface area contributed by atoms with E-state index in [-0.39, 0.29) is 6.42 Å². The predicted molar refractivity (Wildman–Crippen MR) is 139 cm³/mol. The standard InChI is InChI=1S/C28H32N2O4S/c1-20-17-21(2)28(22(3)18-20)35(33,34)30-16-14-23-10-12-24(13-11-23)26(8-4-5-9-27(31)32)25-7-6-15-29-19-25/h6-8,10-13,15,17-19,30H,4-5,9,14,16H2,1-3H3,(H,31,32)/b26-8-. The first kappa shape index (κ1) is 26.3. The maximum absolute atomic E-state index is 12.9. The molecule has 0 fully saturated rings. The summed E-state index contributed by atoms with van der Waals surface area (Å²) in [4.78, 5) is 15.4. The number of sulfonamides is 1. The van der Waals surface area contributed by atoms with Gasteiger partial charge < -0.3 is 5.11 Å².